The molecule has 2 N–H and O–H groups in total. The van der Waals surface area contributed by atoms with Crippen molar-refractivity contribution in [3.63, 3.8) is 0 Å². The standard InChI is InChI=1S/C9H8N2O4/c10-5-8(12)9(13)6-2-1-3-7(4-6)11(14)15/h1-4,8-9,12-13H. The molecule has 6 nitrogen and oxygen atoms in total. The van der Waals surface area contributed by atoms with E-state index in [-0.39, 0.29) is 11.3 Å². The lowest BCUT2D eigenvalue weighted by atomic mass is 10.0. The highest BCUT2D eigenvalue weighted by Crippen LogP contribution is 2.21. The molecule has 0 fully saturated rings. The highest BCUT2D eigenvalue weighted by atomic mass is 16.6. The van der Waals surface area contributed by atoms with Crippen LogP contribution in [0.2, 0.25) is 0 Å². The highest BCUT2D eigenvalue weighted by molar-refractivity contribution is 5.36. The van der Waals surface area contributed by atoms with Gasteiger partial charge in [0.2, 0.25) is 0 Å². The zero-order valence-electron chi connectivity index (χ0n) is 7.57. The molecule has 2 atom stereocenters. The molecular formula is C9H8N2O4. The van der Waals surface area contributed by atoms with Crippen LogP contribution in [0.1, 0.15) is 11.7 Å². The number of nitriles is 1. The van der Waals surface area contributed by atoms with Crippen molar-refractivity contribution < 1.29 is 15.1 Å². The Morgan fingerprint density at radius 1 is 1.47 bits per heavy atom. The summed E-state index contributed by atoms with van der Waals surface area (Å²) in [7, 11) is 0. The summed E-state index contributed by atoms with van der Waals surface area (Å²) in [5, 5.41) is 37.2. The molecule has 6 heteroatoms. The van der Waals surface area contributed by atoms with Gasteiger partial charge in [0.05, 0.1) is 11.0 Å². The Morgan fingerprint density at radius 3 is 2.67 bits per heavy atom. The third-order valence-electron chi connectivity index (χ3n) is 1.85. The summed E-state index contributed by atoms with van der Waals surface area (Å²) in [6.45, 7) is 0. The summed E-state index contributed by atoms with van der Waals surface area (Å²) < 4.78 is 0. The quantitative estimate of drug-likeness (QED) is 0.427. The molecule has 1 aromatic carbocycles. The SMILES string of the molecule is N#CC(O)C(O)c1cccc([N+](=O)[O-])c1. The lowest BCUT2D eigenvalue weighted by Gasteiger charge is -2.11. The fraction of sp³-hybridized carbons (Fsp3) is 0.222. The van der Waals surface area contributed by atoms with E-state index in [0.717, 1.165) is 6.07 Å². The molecule has 0 bridgehead atoms. The molecular weight excluding hydrogens is 200 g/mol. The van der Waals surface area contributed by atoms with E-state index in [9.17, 15) is 15.2 Å². The van der Waals surface area contributed by atoms with Crippen LogP contribution in [0.4, 0.5) is 5.69 Å². The Bertz CT molecular complexity index is 413. The Hall–Kier alpha value is -1.97. The average molecular weight is 208 g/mol. The van der Waals surface area contributed by atoms with Crippen molar-refractivity contribution in [2.24, 2.45) is 0 Å². The number of non-ortho nitro benzene ring substituents is 1. The van der Waals surface area contributed by atoms with Gasteiger partial charge in [-0.3, -0.25) is 10.1 Å². The van der Waals surface area contributed by atoms with Gasteiger partial charge in [0, 0.05) is 12.1 Å². The van der Waals surface area contributed by atoms with Crippen LogP contribution in [0, 0.1) is 21.4 Å². The van der Waals surface area contributed by atoms with Gasteiger partial charge in [-0.1, -0.05) is 12.1 Å². The fourth-order valence-electron chi connectivity index (χ4n) is 1.08. The van der Waals surface area contributed by atoms with Gasteiger partial charge in [0.1, 0.15) is 6.10 Å². The Labute approximate surface area is 85.2 Å². The summed E-state index contributed by atoms with van der Waals surface area (Å²) in [6.07, 6.45) is -3.03. The summed E-state index contributed by atoms with van der Waals surface area (Å²) in [5.74, 6) is 0. The molecule has 0 saturated carbocycles. The summed E-state index contributed by atoms with van der Waals surface area (Å²) >= 11 is 0. The molecule has 15 heavy (non-hydrogen) atoms. The van der Waals surface area contributed by atoms with E-state index in [0.29, 0.717) is 0 Å². The highest BCUT2D eigenvalue weighted by Gasteiger charge is 2.19. The number of hydrogen-bond donors (Lipinski definition) is 2. The van der Waals surface area contributed by atoms with Gasteiger partial charge in [-0.05, 0) is 5.56 Å². The van der Waals surface area contributed by atoms with E-state index in [4.69, 9.17) is 10.4 Å². The average Bonchev–Trinajstić information content (AvgIpc) is 2.27. The minimum Gasteiger partial charge on any atom is -0.385 e. The van der Waals surface area contributed by atoms with Crippen molar-refractivity contribution in [3.05, 3.63) is 39.9 Å². The second kappa shape index (κ2) is 4.50. The summed E-state index contributed by atoms with van der Waals surface area (Å²) in [6, 6.07) is 6.60. The number of aliphatic hydroxyl groups excluding tert-OH is 2. The van der Waals surface area contributed by atoms with E-state index < -0.39 is 17.1 Å². The van der Waals surface area contributed by atoms with E-state index >= 15 is 0 Å². The number of nitrogens with zero attached hydrogens (tertiary/aromatic N) is 2. The van der Waals surface area contributed by atoms with Gasteiger partial charge < -0.3 is 10.2 Å². The van der Waals surface area contributed by atoms with E-state index in [1.165, 1.54) is 24.3 Å². The fourth-order valence-corrected chi connectivity index (χ4v) is 1.08. The van der Waals surface area contributed by atoms with Gasteiger partial charge in [0.15, 0.2) is 6.10 Å². The maximum atomic E-state index is 10.4. The van der Waals surface area contributed by atoms with Gasteiger partial charge in [-0.25, -0.2) is 0 Å². The van der Waals surface area contributed by atoms with Crippen LogP contribution >= 0.6 is 0 Å². The molecule has 0 aliphatic carbocycles. The molecule has 0 aliphatic heterocycles. The number of nitro benzene ring substituents is 1. The van der Waals surface area contributed by atoms with Gasteiger partial charge in [-0.2, -0.15) is 5.26 Å². The van der Waals surface area contributed by atoms with Crippen molar-refractivity contribution in [3.8, 4) is 6.07 Å². The second-order valence-corrected chi connectivity index (χ2v) is 2.87. The number of rotatable bonds is 3. The minimum absolute atomic E-state index is 0.137. The number of nitro groups is 1. The maximum Gasteiger partial charge on any atom is 0.269 e. The molecule has 0 aromatic heterocycles. The van der Waals surface area contributed by atoms with E-state index in [1.807, 2.05) is 0 Å². The third-order valence-corrected chi connectivity index (χ3v) is 1.85. The molecule has 0 heterocycles. The van der Waals surface area contributed by atoms with Crippen LogP contribution in [0.25, 0.3) is 0 Å². The van der Waals surface area contributed by atoms with Crippen molar-refractivity contribution in [2.75, 3.05) is 0 Å². The maximum absolute atomic E-state index is 10.4. The summed E-state index contributed by atoms with van der Waals surface area (Å²) in [5.41, 5.74) is -0.0602. The van der Waals surface area contributed by atoms with Gasteiger partial charge in [0.25, 0.3) is 5.69 Å². The zero-order chi connectivity index (χ0) is 11.4. The third kappa shape index (κ3) is 2.49. The first-order chi connectivity index (χ1) is 7.06. The van der Waals surface area contributed by atoms with Crippen molar-refractivity contribution in [1.82, 2.24) is 0 Å². The molecule has 1 rings (SSSR count). The molecule has 0 aliphatic rings. The van der Waals surface area contributed by atoms with Crippen LogP contribution in [0.3, 0.4) is 0 Å². The monoisotopic (exact) mass is 208 g/mol. The van der Waals surface area contributed by atoms with Crippen LogP contribution < -0.4 is 0 Å². The van der Waals surface area contributed by atoms with Crippen molar-refractivity contribution in [2.45, 2.75) is 12.2 Å². The van der Waals surface area contributed by atoms with Crippen molar-refractivity contribution >= 4 is 5.69 Å². The molecule has 0 radical (unpaired) electrons. The first-order valence-corrected chi connectivity index (χ1v) is 4.06. The smallest absolute Gasteiger partial charge is 0.269 e. The lowest BCUT2D eigenvalue weighted by molar-refractivity contribution is -0.385. The van der Waals surface area contributed by atoms with Crippen LogP contribution in [0.15, 0.2) is 24.3 Å². The Morgan fingerprint density at radius 2 is 2.13 bits per heavy atom. The molecule has 0 spiro atoms. The molecule has 1 aromatic rings. The predicted octanol–water partition coefficient (Wildman–Crippen LogP) is 0.513. The van der Waals surface area contributed by atoms with Crippen LogP contribution in [0.5, 0.6) is 0 Å². The van der Waals surface area contributed by atoms with Crippen molar-refractivity contribution in [1.29, 1.82) is 5.26 Å². The second-order valence-electron chi connectivity index (χ2n) is 2.87. The Kier molecular flexibility index (Phi) is 3.33. The lowest BCUT2D eigenvalue weighted by Crippen LogP contribution is -2.15. The zero-order valence-corrected chi connectivity index (χ0v) is 7.57. The molecule has 0 saturated heterocycles. The van der Waals surface area contributed by atoms with Crippen LogP contribution in [-0.2, 0) is 0 Å². The Balaban J connectivity index is 3.01. The summed E-state index contributed by atoms with van der Waals surface area (Å²) in [4.78, 5) is 9.80. The molecule has 2 unspecified atom stereocenters. The first kappa shape index (κ1) is 11.1. The molecule has 78 valence electrons. The largest absolute Gasteiger partial charge is 0.385 e. The first-order valence-electron chi connectivity index (χ1n) is 4.06. The number of hydrogen-bond acceptors (Lipinski definition) is 5. The minimum atomic E-state index is -1.59. The van der Waals surface area contributed by atoms with E-state index in [1.54, 1.807) is 0 Å². The molecule has 0 amide bonds. The topological polar surface area (TPSA) is 107 Å². The van der Waals surface area contributed by atoms with Gasteiger partial charge >= 0.3 is 0 Å². The number of benzene rings is 1. The van der Waals surface area contributed by atoms with Crippen LogP contribution in [-0.4, -0.2) is 21.2 Å². The number of aliphatic hydroxyl groups is 2. The van der Waals surface area contributed by atoms with Gasteiger partial charge in [-0.15, -0.1) is 0 Å². The predicted molar refractivity (Wildman–Crippen MR) is 49.7 cm³/mol. The normalized spacial score (nSPS) is 13.9. The van der Waals surface area contributed by atoms with E-state index in [2.05, 4.69) is 0 Å².